The molecule has 1 fully saturated rings. The van der Waals surface area contributed by atoms with Crippen molar-refractivity contribution in [2.24, 2.45) is 0 Å². The topological polar surface area (TPSA) is 80.2 Å². The Morgan fingerprint density at radius 3 is 2.65 bits per heavy atom. The first-order valence-electron chi connectivity index (χ1n) is 8.01. The molecule has 1 aliphatic rings. The SMILES string of the molecule is CCc1cc(NCC2(O)CCOCC2)nc(-c2ccncc2)n1. The Labute approximate surface area is 136 Å². The van der Waals surface area contributed by atoms with E-state index in [9.17, 15) is 5.11 Å². The lowest BCUT2D eigenvalue weighted by molar-refractivity contribution is -0.0543. The fourth-order valence-electron chi connectivity index (χ4n) is 2.58. The van der Waals surface area contributed by atoms with Crippen LogP contribution < -0.4 is 5.32 Å². The molecule has 0 unspecified atom stereocenters. The normalized spacial score (nSPS) is 17.0. The Bertz CT molecular complexity index is 642. The Hall–Kier alpha value is -2.05. The molecule has 6 heteroatoms. The van der Waals surface area contributed by atoms with Gasteiger partial charge in [-0.3, -0.25) is 4.98 Å². The zero-order valence-corrected chi connectivity index (χ0v) is 13.3. The number of aryl methyl sites for hydroxylation is 1. The predicted molar refractivity (Wildman–Crippen MR) is 88.1 cm³/mol. The maximum atomic E-state index is 10.6. The third-order valence-corrected chi connectivity index (χ3v) is 4.10. The summed E-state index contributed by atoms with van der Waals surface area (Å²) in [4.78, 5) is 13.2. The number of ether oxygens (including phenoxy) is 1. The standard InChI is InChI=1S/C17H22N4O2/c1-2-14-11-15(19-12-17(22)5-9-23-10-6-17)21-16(20-14)13-3-7-18-8-4-13/h3-4,7-8,11,22H,2,5-6,9-10,12H2,1H3,(H,19,20,21). The summed E-state index contributed by atoms with van der Waals surface area (Å²) in [6, 6.07) is 5.72. The summed E-state index contributed by atoms with van der Waals surface area (Å²) in [5.41, 5.74) is 1.17. The van der Waals surface area contributed by atoms with Gasteiger partial charge in [-0.25, -0.2) is 9.97 Å². The van der Waals surface area contributed by atoms with Gasteiger partial charge in [-0.05, 0) is 18.6 Å². The Kier molecular flexibility index (Phi) is 4.83. The lowest BCUT2D eigenvalue weighted by atomic mass is 9.94. The molecule has 0 spiro atoms. The van der Waals surface area contributed by atoms with Crippen molar-refractivity contribution in [2.75, 3.05) is 25.1 Å². The number of hydrogen-bond donors (Lipinski definition) is 2. The molecule has 3 heterocycles. The van der Waals surface area contributed by atoms with Gasteiger partial charge in [0.2, 0.25) is 0 Å². The van der Waals surface area contributed by atoms with Crippen LogP contribution in [0.1, 0.15) is 25.5 Å². The van der Waals surface area contributed by atoms with Crippen LogP contribution in [0.5, 0.6) is 0 Å². The minimum atomic E-state index is -0.730. The van der Waals surface area contributed by atoms with Crippen LogP contribution >= 0.6 is 0 Å². The molecular formula is C17H22N4O2. The molecule has 6 nitrogen and oxygen atoms in total. The summed E-state index contributed by atoms with van der Waals surface area (Å²) in [6.45, 7) is 3.73. The third-order valence-electron chi connectivity index (χ3n) is 4.10. The molecule has 122 valence electrons. The minimum Gasteiger partial charge on any atom is -0.388 e. The number of nitrogens with zero attached hydrogens (tertiary/aromatic N) is 3. The molecule has 0 amide bonds. The zero-order chi connectivity index (χ0) is 16.1. The van der Waals surface area contributed by atoms with Crippen molar-refractivity contribution in [3.63, 3.8) is 0 Å². The van der Waals surface area contributed by atoms with E-state index in [-0.39, 0.29) is 0 Å². The van der Waals surface area contributed by atoms with Crippen LogP contribution in [0.3, 0.4) is 0 Å². The quantitative estimate of drug-likeness (QED) is 0.879. The molecule has 2 aromatic heterocycles. The van der Waals surface area contributed by atoms with E-state index in [0.717, 1.165) is 23.5 Å². The van der Waals surface area contributed by atoms with Gasteiger partial charge in [-0.15, -0.1) is 0 Å². The fourth-order valence-corrected chi connectivity index (χ4v) is 2.58. The zero-order valence-electron chi connectivity index (χ0n) is 13.3. The van der Waals surface area contributed by atoms with Gasteiger partial charge in [0.15, 0.2) is 5.82 Å². The van der Waals surface area contributed by atoms with Crippen molar-refractivity contribution < 1.29 is 9.84 Å². The van der Waals surface area contributed by atoms with Gasteiger partial charge >= 0.3 is 0 Å². The lowest BCUT2D eigenvalue weighted by Gasteiger charge is -2.32. The van der Waals surface area contributed by atoms with E-state index in [4.69, 9.17) is 4.74 Å². The summed E-state index contributed by atoms with van der Waals surface area (Å²) in [5, 5.41) is 13.8. The lowest BCUT2D eigenvalue weighted by Crippen LogP contribution is -2.42. The van der Waals surface area contributed by atoms with E-state index >= 15 is 0 Å². The van der Waals surface area contributed by atoms with Crippen molar-refractivity contribution in [1.29, 1.82) is 0 Å². The van der Waals surface area contributed by atoms with Crippen molar-refractivity contribution in [1.82, 2.24) is 15.0 Å². The van der Waals surface area contributed by atoms with E-state index in [1.54, 1.807) is 12.4 Å². The highest BCUT2D eigenvalue weighted by Crippen LogP contribution is 2.22. The van der Waals surface area contributed by atoms with E-state index in [1.807, 2.05) is 18.2 Å². The van der Waals surface area contributed by atoms with Crippen molar-refractivity contribution in [3.05, 3.63) is 36.3 Å². The monoisotopic (exact) mass is 314 g/mol. The van der Waals surface area contributed by atoms with Crippen LogP contribution in [-0.4, -0.2) is 45.4 Å². The van der Waals surface area contributed by atoms with Gasteiger partial charge in [0, 0.05) is 62.3 Å². The van der Waals surface area contributed by atoms with Crippen molar-refractivity contribution in [3.8, 4) is 11.4 Å². The highest BCUT2D eigenvalue weighted by molar-refractivity contribution is 5.56. The molecule has 3 rings (SSSR count). The van der Waals surface area contributed by atoms with Gasteiger partial charge in [-0.2, -0.15) is 0 Å². The maximum Gasteiger partial charge on any atom is 0.161 e. The summed E-state index contributed by atoms with van der Waals surface area (Å²) < 4.78 is 5.31. The van der Waals surface area contributed by atoms with Crippen LogP contribution in [-0.2, 0) is 11.2 Å². The Morgan fingerprint density at radius 1 is 1.22 bits per heavy atom. The number of aromatic nitrogens is 3. The van der Waals surface area contributed by atoms with Crippen molar-refractivity contribution >= 4 is 5.82 Å². The summed E-state index contributed by atoms with van der Waals surface area (Å²) in [6.07, 6.45) is 5.57. The van der Waals surface area contributed by atoms with Gasteiger partial charge < -0.3 is 15.2 Å². The van der Waals surface area contributed by atoms with E-state index in [0.29, 0.717) is 38.4 Å². The average Bonchev–Trinajstić information content (AvgIpc) is 2.61. The number of anilines is 1. The molecule has 1 saturated heterocycles. The first kappa shape index (κ1) is 15.8. The van der Waals surface area contributed by atoms with E-state index < -0.39 is 5.60 Å². The van der Waals surface area contributed by atoms with Crippen LogP contribution in [0.15, 0.2) is 30.6 Å². The summed E-state index contributed by atoms with van der Waals surface area (Å²) in [7, 11) is 0. The predicted octanol–water partition coefficient (Wildman–Crippen LogP) is 2.05. The maximum absolute atomic E-state index is 10.6. The van der Waals surface area contributed by atoms with Crippen LogP contribution in [0.25, 0.3) is 11.4 Å². The molecule has 2 aromatic rings. The van der Waals surface area contributed by atoms with Gasteiger partial charge in [-0.1, -0.05) is 6.92 Å². The van der Waals surface area contributed by atoms with Gasteiger partial charge in [0.25, 0.3) is 0 Å². The first-order chi connectivity index (χ1) is 11.2. The van der Waals surface area contributed by atoms with Gasteiger partial charge in [0.05, 0.1) is 5.60 Å². The molecule has 0 aliphatic carbocycles. The number of hydrogen-bond acceptors (Lipinski definition) is 6. The second-order valence-electron chi connectivity index (χ2n) is 5.85. The highest BCUT2D eigenvalue weighted by atomic mass is 16.5. The number of aliphatic hydroxyl groups is 1. The summed E-state index contributed by atoms with van der Waals surface area (Å²) >= 11 is 0. The van der Waals surface area contributed by atoms with E-state index in [1.165, 1.54) is 0 Å². The highest BCUT2D eigenvalue weighted by Gasteiger charge is 2.29. The molecule has 0 atom stereocenters. The molecule has 0 aromatic carbocycles. The molecule has 0 bridgehead atoms. The molecular weight excluding hydrogens is 292 g/mol. The molecule has 23 heavy (non-hydrogen) atoms. The van der Waals surface area contributed by atoms with Crippen LogP contribution in [0.2, 0.25) is 0 Å². The third kappa shape index (κ3) is 4.03. The molecule has 0 radical (unpaired) electrons. The smallest absolute Gasteiger partial charge is 0.161 e. The molecule has 0 saturated carbocycles. The molecule has 1 aliphatic heterocycles. The number of pyridine rings is 1. The van der Waals surface area contributed by atoms with Crippen LogP contribution in [0.4, 0.5) is 5.82 Å². The van der Waals surface area contributed by atoms with E-state index in [2.05, 4.69) is 27.2 Å². The summed E-state index contributed by atoms with van der Waals surface area (Å²) in [5.74, 6) is 1.41. The fraction of sp³-hybridized carbons (Fsp3) is 0.471. The second kappa shape index (κ2) is 7.02. The van der Waals surface area contributed by atoms with Crippen LogP contribution in [0, 0.1) is 0 Å². The Balaban J connectivity index is 1.79. The second-order valence-corrected chi connectivity index (χ2v) is 5.85. The first-order valence-corrected chi connectivity index (χ1v) is 8.01. The average molecular weight is 314 g/mol. The number of rotatable bonds is 5. The minimum absolute atomic E-state index is 0.465. The Morgan fingerprint density at radius 2 is 1.96 bits per heavy atom. The largest absolute Gasteiger partial charge is 0.388 e. The molecule has 2 N–H and O–H groups in total. The number of nitrogens with one attached hydrogen (secondary N) is 1. The van der Waals surface area contributed by atoms with Gasteiger partial charge in [0.1, 0.15) is 5.82 Å². The van der Waals surface area contributed by atoms with Crippen molar-refractivity contribution in [2.45, 2.75) is 31.8 Å².